The molecule has 5 nitrogen and oxygen atoms in total. The summed E-state index contributed by atoms with van der Waals surface area (Å²) in [6, 6.07) is 4.73. The van der Waals surface area contributed by atoms with Crippen molar-refractivity contribution in [1.82, 2.24) is 10.6 Å². The Kier molecular flexibility index (Phi) is 10.6. The highest BCUT2D eigenvalue weighted by atomic mass is 35.5. The zero-order valence-corrected chi connectivity index (χ0v) is 13.9. The van der Waals surface area contributed by atoms with Crippen molar-refractivity contribution in [2.24, 2.45) is 5.73 Å². The fraction of sp³-hybridized carbons (Fsp3) is 0.429. The minimum absolute atomic E-state index is 0. The first-order valence-corrected chi connectivity index (χ1v) is 8.00. The average molecular weight is 350 g/mol. The number of benzene rings is 1. The van der Waals surface area contributed by atoms with Crippen molar-refractivity contribution in [3.05, 3.63) is 35.6 Å². The first-order chi connectivity index (χ1) is 10.0. The maximum absolute atomic E-state index is 12.7. The van der Waals surface area contributed by atoms with Crippen molar-refractivity contribution in [1.29, 1.82) is 0 Å². The molecule has 8 heteroatoms. The number of amides is 2. The van der Waals surface area contributed by atoms with Gasteiger partial charge in [-0.25, -0.2) is 4.39 Å². The first kappa shape index (κ1) is 20.7. The van der Waals surface area contributed by atoms with Gasteiger partial charge in [-0.15, -0.1) is 12.4 Å². The first-order valence-electron chi connectivity index (χ1n) is 6.60. The van der Waals surface area contributed by atoms with Crippen LogP contribution in [0.5, 0.6) is 0 Å². The van der Waals surface area contributed by atoms with E-state index in [0.717, 1.165) is 5.75 Å². The molecule has 1 aromatic rings. The van der Waals surface area contributed by atoms with Crippen molar-refractivity contribution in [3.63, 3.8) is 0 Å². The molecule has 1 aromatic carbocycles. The van der Waals surface area contributed by atoms with Crippen molar-refractivity contribution in [3.8, 4) is 0 Å². The second kappa shape index (κ2) is 11.3. The van der Waals surface area contributed by atoms with E-state index in [1.807, 2.05) is 6.26 Å². The Labute approximate surface area is 140 Å². The topological polar surface area (TPSA) is 84.2 Å². The van der Waals surface area contributed by atoms with Crippen LogP contribution in [0.1, 0.15) is 16.8 Å². The number of nitrogens with one attached hydrogen (secondary N) is 2. The molecule has 0 radical (unpaired) electrons. The van der Waals surface area contributed by atoms with Crippen LogP contribution in [0.4, 0.5) is 4.39 Å². The van der Waals surface area contributed by atoms with E-state index in [4.69, 9.17) is 5.73 Å². The summed E-state index contributed by atoms with van der Waals surface area (Å²) >= 11 is 1.63. The number of thioether (sulfide) groups is 1. The molecule has 0 spiro atoms. The van der Waals surface area contributed by atoms with Crippen molar-refractivity contribution in [2.45, 2.75) is 12.5 Å². The fourth-order valence-electron chi connectivity index (χ4n) is 1.57. The molecule has 1 atom stereocenters. The second-order valence-electron chi connectivity index (χ2n) is 4.44. The summed E-state index contributed by atoms with van der Waals surface area (Å²) in [5, 5.41) is 5.29. The minimum atomic E-state index is -0.523. The average Bonchev–Trinajstić information content (AvgIpc) is 2.49. The van der Waals surface area contributed by atoms with Crippen LogP contribution in [0, 0.1) is 5.82 Å². The van der Waals surface area contributed by atoms with E-state index in [0.29, 0.717) is 18.5 Å². The Morgan fingerprint density at radius 1 is 1.23 bits per heavy atom. The van der Waals surface area contributed by atoms with E-state index in [2.05, 4.69) is 10.6 Å². The maximum Gasteiger partial charge on any atom is 0.251 e. The number of nitrogens with two attached hydrogens (primary N) is 1. The monoisotopic (exact) mass is 349 g/mol. The third-order valence-corrected chi connectivity index (χ3v) is 3.43. The van der Waals surface area contributed by atoms with Gasteiger partial charge in [0.05, 0.1) is 6.04 Å². The molecule has 1 rings (SSSR count). The molecular weight excluding hydrogens is 329 g/mol. The van der Waals surface area contributed by atoms with Crippen LogP contribution >= 0.6 is 24.2 Å². The number of carbonyl (C=O) groups is 2. The summed E-state index contributed by atoms with van der Waals surface area (Å²) in [7, 11) is 0. The lowest BCUT2D eigenvalue weighted by atomic mass is 10.2. The van der Waals surface area contributed by atoms with Gasteiger partial charge in [0.2, 0.25) is 5.91 Å². The van der Waals surface area contributed by atoms with Gasteiger partial charge < -0.3 is 16.4 Å². The SMILES string of the molecule is CSCC[C@H](N)C(=O)NCCNC(=O)c1ccc(F)cc1.Cl. The van der Waals surface area contributed by atoms with E-state index in [1.165, 1.54) is 24.3 Å². The summed E-state index contributed by atoms with van der Waals surface area (Å²) in [4.78, 5) is 23.3. The Morgan fingerprint density at radius 3 is 2.41 bits per heavy atom. The van der Waals surface area contributed by atoms with Crippen LogP contribution in [-0.4, -0.2) is 43.0 Å². The minimum Gasteiger partial charge on any atom is -0.353 e. The molecule has 0 unspecified atom stereocenters. The molecule has 22 heavy (non-hydrogen) atoms. The summed E-state index contributed by atoms with van der Waals surface area (Å²) < 4.78 is 12.7. The number of rotatable bonds is 8. The zero-order valence-electron chi connectivity index (χ0n) is 12.3. The largest absolute Gasteiger partial charge is 0.353 e. The van der Waals surface area contributed by atoms with Gasteiger partial charge in [-0.2, -0.15) is 11.8 Å². The zero-order chi connectivity index (χ0) is 15.7. The Bertz CT molecular complexity index is 474. The summed E-state index contributed by atoms with van der Waals surface area (Å²) in [6.07, 6.45) is 2.57. The Balaban J connectivity index is 0.00000441. The predicted molar refractivity (Wildman–Crippen MR) is 90.0 cm³/mol. The highest BCUT2D eigenvalue weighted by Gasteiger charge is 2.12. The van der Waals surface area contributed by atoms with E-state index < -0.39 is 11.9 Å². The van der Waals surface area contributed by atoms with Crippen molar-refractivity contribution >= 4 is 36.0 Å². The number of carbonyl (C=O) groups excluding carboxylic acids is 2. The lowest BCUT2D eigenvalue weighted by molar-refractivity contribution is -0.122. The third kappa shape index (κ3) is 7.63. The van der Waals surface area contributed by atoms with Crippen molar-refractivity contribution < 1.29 is 14.0 Å². The van der Waals surface area contributed by atoms with Gasteiger partial charge in [0.15, 0.2) is 0 Å². The molecule has 0 heterocycles. The van der Waals surface area contributed by atoms with Crippen LogP contribution in [0.2, 0.25) is 0 Å². The molecule has 0 saturated carbocycles. The Hall–Kier alpha value is -1.31. The van der Waals surface area contributed by atoms with E-state index in [1.54, 1.807) is 11.8 Å². The van der Waals surface area contributed by atoms with Crippen molar-refractivity contribution in [2.75, 3.05) is 25.1 Å². The fourth-order valence-corrected chi connectivity index (χ4v) is 2.06. The maximum atomic E-state index is 12.7. The highest BCUT2D eigenvalue weighted by Crippen LogP contribution is 2.02. The van der Waals surface area contributed by atoms with Crippen LogP contribution in [0.15, 0.2) is 24.3 Å². The van der Waals surface area contributed by atoms with E-state index in [-0.39, 0.29) is 30.8 Å². The van der Waals surface area contributed by atoms with Gasteiger partial charge >= 0.3 is 0 Å². The molecule has 0 aliphatic heterocycles. The quantitative estimate of drug-likeness (QED) is 0.615. The number of hydrogen-bond donors (Lipinski definition) is 3. The third-order valence-electron chi connectivity index (χ3n) is 2.79. The standard InChI is InChI=1S/C14H20FN3O2S.ClH/c1-21-9-6-12(16)14(20)18-8-7-17-13(19)10-2-4-11(15)5-3-10;/h2-5,12H,6-9,16H2,1H3,(H,17,19)(H,18,20);1H/t12-;/m0./s1. The molecule has 0 aromatic heterocycles. The number of hydrogen-bond acceptors (Lipinski definition) is 4. The van der Waals surface area contributed by atoms with Crippen LogP contribution in [-0.2, 0) is 4.79 Å². The molecule has 0 fully saturated rings. The van der Waals surface area contributed by atoms with E-state index in [9.17, 15) is 14.0 Å². The molecule has 2 amide bonds. The van der Waals surface area contributed by atoms with Crippen LogP contribution < -0.4 is 16.4 Å². The molecule has 124 valence electrons. The molecule has 0 bridgehead atoms. The highest BCUT2D eigenvalue weighted by molar-refractivity contribution is 7.98. The smallest absolute Gasteiger partial charge is 0.251 e. The molecular formula is C14H21ClFN3O2S. The summed E-state index contributed by atoms with van der Waals surface area (Å²) in [5.74, 6) is -0.0929. The lowest BCUT2D eigenvalue weighted by Gasteiger charge is -2.12. The van der Waals surface area contributed by atoms with Gasteiger partial charge in [-0.1, -0.05) is 0 Å². The number of halogens is 2. The van der Waals surface area contributed by atoms with Crippen LogP contribution in [0.3, 0.4) is 0 Å². The summed E-state index contributed by atoms with van der Waals surface area (Å²) in [5.41, 5.74) is 6.08. The van der Waals surface area contributed by atoms with Gasteiger partial charge in [-0.05, 0) is 42.7 Å². The van der Waals surface area contributed by atoms with Gasteiger partial charge in [0.25, 0.3) is 5.91 Å². The molecule has 4 N–H and O–H groups in total. The van der Waals surface area contributed by atoms with Gasteiger partial charge in [-0.3, -0.25) is 9.59 Å². The van der Waals surface area contributed by atoms with Gasteiger partial charge in [0.1, 0.15) is 5.82 Å². The lowest BCUT2D eigenvalue weighted by Crippen LogP contribution is -2.43. The Morgan fingerprint density at radius 2 is 1.82 bits per heavy atom. The molecule has 0 aliphatic carbocycles. The van der Waals surface area contributed by atoms with Gasteiger partial charge in [0, 0.05) is 18.7 Å². The molecule has 0 saturated heterocycles. The predicted octanol–water partition coefficient (Wildman–Crippen LogP) is 1.17. The second-order valence-corrected chi connectivity index (χ2v) is 5.43. The molecule has 0 aliphatic rings. The van der Waals surface area contributed by atoms with E-state index >= 15 is 0 Å². The van der Waals surface area contributed by atoms with Crippen LogP contribution in [0.25, 0.3) is 0 Å². The normalized spacial score (nSPS) is 11.2. The summed E-state index contributed by atoms with van der Waals surface area (Å²) in [6.45, 7) is 0.593.